The zero-order valence-corrected chi connectivity index (χ0v) is 9.52. The molecule has 0 amide bonds. The minimum atomic E-state index is -4.47. The summed E-state index contributed by atoms with van der Waals surface area (Å²) in [6, 6.07) is 6.16. The second-order valence-electron chi connectivity index (χ2n) is 3.58. The summed E-state index contributed by atoms with van der Waals surface area (Å²) in [6.45, 7) is 1.55. The molecule has 1 aromatic carbocycles. The summed E-state index contributed by atoms with van der Waals surface area (Å²) in [5.74, 6) is 0. The summed E-state index contributed by atoms with van der Waals surface area (Å²) in [7, 11) is 0. The molecule has 0 radical (unpaired) electrons. The van der Waals surface area contributed by atoms with Gasteiger partial charge in [0.2, 0.25) is 0 Å². The molecule has 2 aromatic rings. The molecule has 2 rings (SSSR count). The number of aryl methyl sites for hydroxylation is 1. The van der Waals surface area contributed by atoms with Gasteiger partial charge in [-0.25, -0.2) is 0 Å². The van der Waals surface area contributed by atoms with Crippen LogP contribution in [0.1, 0.15) is 11.4 Å². The van der Waals surface area contributed by atoms with Gasteiger partial charge in [-0.1, -0.05) is 23.7 Å². The van der Waals surface area contributed by atoms with E-state index < -0.39 is 11.9 Å². The first-order chi connectivity index (χ1) is 7.89. The van der Waals surface area contributed by atoms with Crippen molar-refractivity contribution in [3.63, 3.8) is 0 Å². The van der Waals surface area contributed by atoms with Gasteiger partial charge >= 0.3 is 6.18 Å². The van der Waals surface area contributed by atoms with Gasteiger partial charge in [-0.2, -0.15) is 18.3 Å². The Balaban J connectivity index is 2.59. The maximum Gasteiger partial charge on any atom is 0.435 e. The Labute approximate surface area is 100 Å². The van der Waals surface area contributed by atoms with Crippen molar-refractivity contribution in [2.75, 3.05) is 0 Å². The monoisotopic (exact) mass is 260 g/mol. The second-order valence-corrected chi connectivity index (χ2v) is 4.01. The summed E-state index contributed by atoms with van der Waals surface area (Å²) in [6.07, 6.45) is -4.47. The van der Waals surface area contributed by atoms with E-state index in [1.165, 1.54) is 12.1 Å². The van der Waals surface area contributed by atoms with Gasteiger partial charge in [0.25, 0.3) is 0 Å². The summed E-state index contributed by atoms with van der Waals surface area (Å²) < 4.78 is 38.2. The van der Waals surface area contributed by atoms with Crippen LogP contribution in [-0.4, -0.2) is 10.2 Å². The van der Waals surface area contributed by atoms with E-state index in [0.29, 0.717) is 16.3 Å². The van der Waals surface area contributed by atoms with Crippen molar-refractivity contribution in [2.45, 2.75) is 13.1 Å². The van der Waals surface area contributed by atoms with Crippen LogP contribution < -0.4 is 0 Å². The smallest absolute Gasteiger partial charge is 0.282 e. The van der Waals surface area contributed by atoms with Crippen LogP contribution in [0.15, 0.2) is 24.3 Å². The van der Waals surface area contributed by atoms with Gasteiger partial charge in [-0.3, -0.25) is 5.10 Å². The molecule has 0 aliphatic rings. The Kier molecular flexibility index (Phi) is 2.87. The first kappa shape index (κ1) is 12.0. The van der Waals surface area contributed by atoms with Crippen molar-refractivity contribution >= 4 is 11.6 Å². The number of hydrogen-bond acceptors (Lipinski definition) is 1. The maximum atomic E-state index is 12.7. The van der Waals surface area contributed by atoms with Crippen molar-refractivity contribution in [1.82, 2.24) is 10.2 Å². The van der Waals surface area contributed by atoms with E-state index in [-0.39, 0.29) is 5.56 Å². The zero-order valence-electron chi connectivity index (χ0n) is 8.77. The summed E-state index contributed by atoms with van der Waals surface area (Å²) in [4.78, 5) is 0. The maximum absolute atomic E-state index is 12.7. The fourth-order valence-electron chi connectivity index (χ4n) is 1.60. The van der Waals surface area contributed by atoms with Crippen molar-refractivity contribution in [3.8, 4) is 11.1 Å². The lowest BCUT2D eigenvalue weighted by atomic mass is 10.0. The molecule has 0 fully saturated rings. The Morgan fingerprint density at radius 2 is 1.76 bits per heavy atom. The standard InChI is InChI=1S/C11H8ClF3N2/c1-6-9(7-2-4-8(12)5-3-7)10(17-16-6)11(13,14)15/h2-5H,1H3,(H,16,17). The average Bonchev–Trinajstić information content (AvgIpc) is 2.61. The molecule has 0 atom stereocenters. The minimum absolute atomic E-state index is 0.0640. The quantitative estimate of drug-likeness (QED) is 0.823. The van der Waals surface area contributed by atoms with Gasteiger partial charge in [-0.05, 0) is 24.6 Å². The van der Waals surface area contributed by atoms with Crippen LogP contribution in [0.2, 0.25) is 5.02 Å². The van der Waals surface area contributed by atoms with Crippen LogP contribution in [0, 0.1) is 6.92 Å². The Hall–Kier alpha value is -1.49. The summed E-state index contributed by atoms with van der Waals surface area (Å²) >= 11 is 5.70. The van der Waals surface area contributed by atoms with Crippen molar-refractivity contribution in [1.29, 1.82) is 0 Å². The highest BCUT2D eigenvalue weighted by Gasteiger charge is 2.37. The van der Waals surface area contributed by atoms with Crippen molar-refractivity contribution in [3.05, 3.63) is 40.7 Å². The SMILES string of the molecule is Cc1[nH]nc(C(F)(F)F)c1-c1ccc(Cl)cc1. The number of nitrogens with zero attached hydrogens (tertiary/aromatic N) is 1. The molecule has 2 nitrogen and oxygen atoms in total. The van der Waals surface area contributed by atoms with E-state index >= 15 is 0 Å². The van der Waals surface area contributed by atoms with Crippen LogP contribution in [0.3, 0.4) is 0 Å². The number of aromatic nitrogens is 2. The molecule has 0 saturated heterocycles. The predicted molar refractivity (Wildman–Crippen MR) is 58.8 cm³/mol. The summed E-state index contributed by atoms with van der Waals surface area (Å²) in [5, 5.41) is 6.13. The fraction of sp³-hybridized carbons (Fsp3) is 0.182. The van der Waals surface area contributed by atoms with Crippen molar-refractivity contribution < 1.29 is 13.2 Å². The Morgan fingerprint density at radius 1 is 1.18 bits per heavy atom. The third-order valence-electron chi connectivity index (χ3n) is 2.35. The number of rotatable bonds is 1. The molecule has 1 aromatic heterocycles. The lowest BCUT2D eigenvalue weighted by Crippen LogP contribution is -2.07. The molecule has 0 aliphatic heterocycles. The molecule has 0 unspecified atom stereocenters. The largest absolute Gasteiger partial charge is 0.435 e. The van der Waals surface area contributed by atoms with E-state index in [9.17, 15) is 13.2 Å². The van der Waals surface area contributed by atoms with Gasteiger partial charge in [0.1, 0.15) is 0 Å². The van der Waals surface area contributed by atoms with Crippen molar-refractivity contribution in [2.24, 2.45) is 0 Å². The van der Waals surface area contributed by atoms with Gasteiger partial charge in [0.05, 0.1) is 0 Å². The Morgan fingerprint density at radius 3 is 2.29 bits per heavy atom. The molecular formula is C11H8ClF3N2. The highest BCUT2D eigenvalue weighted by Crippen LogP contribution is 2.37. The number of aromatic amines is 1. The van der Waals surface area contributed by atoms with Gasteiger partial charge < -0.3 is 0 Å². The predicted octanol–water partition coefficient (Wildman–Crippen LogP) is 4.06. The Bertz CT molecular complexity index is 529. The highest BCUT2D eigenvalue weighted by molar-refractivity contribution is 6.30. The van der Waals surface area contributed by atoms with Gasteiger partial charge in [0, 0.05) is 16.3 Å². The third-order valence-corrected chi connectivity index (χ3v) is 2.60. The van der Waals surface area contributed by atoms with Crippen LogP contribution in [-0.2, 0) is 6.18 Å². The number of hydrogen-bond donors (Lipinski definition) is 1. The lowest BCUT2D eigenvalue weighted by Gasteiger charge is -2.07. The van der Waals surface area contributed by atoms with Crippen LogP contribution >= 0.6 is 11.6 Å². The number of benzene rings is 1. The number of alkyl halides is 3. The van der Waals surface area contributed by atoms with E-state index in [4.69, 9.17) is 11.6 Å². The lowest BCUT2D eigenvalue weighted by molar-refractivity contribution is -0.140. The number of H-pyrrole nitrogens is 1. The summed E-state index contributed by atoms with van der Waals surface area (Å²) in [5.41, 5.74) is -0.0286. The van der Waals surface area contributed by atoms with E-state index in [1.807, 2.05) is 0 Å². The molecule has 0 spiro atoms. The molecule has 17 heavy (non-hydrogen) atoms. The number of halogens is 4. The normalized spacial score (nSPS) is 11.8. The molecule has 0 saturated carbocycles. The molecule has 1 N–H and O–H groups in total. The second kappa shape index (κ2) is 4.07. The molecular weight excluding hydrogens is 253 g/mol. The minimum Gasteiger partial charge on any atom is -0.282 e. The molecule has 6 heteroatoms. The topological polar surface area (TPSA) is 28.7 Å². The molecule has 0 aliphatic carbocycles. The molecule has 0 bridgehead atoms. The average molecular weight is 261 g/mol. The van der Waals surface area contributed by atoms with Crippen LogP contribution in [0.4, 0.5) is 13.2 Å². The first-order valence-electron chi connectivity index (χ1n) is 4.77. The number of nitrogens with one attached hydrogen (secondary N) is 1. The zero-order chi connectivity index (χ0) is 12.6. The van der Waals surface area contributed by atoms with Crippen LogP contribution in [0.25, 0.3) is 11.1 Å². The molecule has 90 valence electrons. The van der Waals surface area contributed by atoms with Gasteiger partial charge in [-0.15, -0.1) is 0 Å². The fourth-order valence-corrected chi connectivity index (χ4v) is 1.73. The van der Waals surface area contributed by atoms with E-state index in [0.717, 1.165) is 0 Å². The molecule has 1 heterocycles. The van der Waals surface area contributed by atoms with E-state index in [2.05, 4.69) is 10.2 Å². The van der Waals surface area contributed by atoms with E-state index in [1.54, 1.807) is 19.1 Å². The third kappa shape index (κ3) is 2.29. The first-order valence-corrected chi connectivity index (χ1v) is 5.15. The van der Waals surface area contributed by atoms with Gasteiger partial charge in [0.15, 0.2) is 5.69 Å². The van der Waals surface area contributed by atoms with Crippen LogP contribution in [0.5, 0.6) is 0 Å². The highest BCUT2D eigenvalue weighted by atomic mass is 35.5.